The third kappa shape index (κ3) is 2.16. The zero-order valence-electron chi connectivity index (χ0n) is 12.3. The van der Waals surface area contributed by atoms with Crippen LogP contribution in [0.15, 0.2) is 24.5 Å². The number of Topliss-reactive ketones (excluding diaryl/α,β-unsaturated/α-hetero) is 1. The van der Waals surface area contributed by atoms with Crippen LogP contribution in [0.2, 0.25) is 0 Å². The van der Waals surface area contributed by atoms with Crippen molar-refractivity contribution in [3.63, 3.8) is 0 Å². The maximum Gasteiger partial charge on any atom is 0.233 e. The highest BCUT2D eigenvalue weighted by Gasteiger charge is 2.65. The van der Waals surface area contributed by atoms with Crippen molar-refractivity contribution in [3.8, 4) is 0 Å². The molecule has 2 aliphatic rings. The maximum atomic E-state index is 12.5. The summed E-state index contributed by atoms with van der Waals surface area (Å²) in [6, 6.07) is 3.33. The third-order valence-corrected chi connectivity index (χ3v) is 6.93. The number of nitrogens with one attached hydrogen (secondary N) is 1. The summed E-state index contributed by atoms with van der Waals surface area (Å²) in [6.07, 6.45) is 5.20. The molecule has 2 saturated carbocycles. The van der Waals surface area contributed by atoms with Gasteiger partial charge in [0.15, 0.2) is 0 Å². The summed E-state index contributed by atoms with van der Waals surface area (Å²) >= 11 is 0. The molecule has 2 atom stereocenters. The Hall–Kier alpha value is -1.43. The van der Waals surface area contributed by atoms with Crippen molar-refractivity contribution in [1.82, 2.24) is 4.98 Å². The van der Waals surface area contributed by atoms with Gasteiger partial charge in [-0.3, -0.25) is 14.5 Å². The van der Waals surface area contributed by atoms with Crippen LogP contribution in [0.1, 0.15) is 33.1 Å². The SMILES string of the molecule is CC1(C)[C@@H]2CC[C@]1(CS(=O)(=O)Nc1cccnc1)C(=O)C2. The Bertz CT molecular complexity index is 669. The van der Waals surface area contributed by atoms with E-state index in [0.29, 0.717) is 24.4 Å². The molecule has 2 aliphatic carbocycles. The summed E-state index contributed by atoms with van der Waals surface area (Å²) in [5, 5.41) is 0. The zero-order chi connectivity index (χ0) is 15.3. The molecular formula is C15H20N2O3S. The van der Waals surface area contributed by atoms with Crippen LogP contribution in [0.5, 0.6) is 0 Å². The molecule has 1 aromatic rings. The van der Waals surface area contributed by atoms with Crippen molar-refractivity contribution in [2.24, 2.45) is 16.7 Å². The molecule has 0 aliphatic heterocycles. The Morgan fingerprint density at radius 3 is 2.71 bits per heavy atom. The second-order valence-electron chi connectivity index (χ2n) is 6.77. The zero-order valence-corrected chi connectivity index (χ0v) is 13.1. The summed E-state index contributed by atoms with van der Waals surface area (Å²) in [5.74, 6) is 0.302. The van der Waals surface area contributed by atoms with Crippen molar-refractivity contribution in [2.75, 3.05) is 10.5 Å². The molecule has 0 unspecified atom stereocenters. The van der Waals surface area contributed by atoms with Gasteiger partial charge in [0, 0.05) is 12.6 Å². The summed E-state index contributed by atoms with van der Waals surface area (Å²) in [7, 11) is -3.58. The lowest BCUT2D eigenvalue weighted by Gasteiger charge is -2.36. The van der Waals surface area contributed by atoms with Gasteiger partial charge in [-0.2, -0.15) is 0 Å². The number of pyridine rings is 1. The third-order valence-electron chi connectivity index (χ3n) is 5.51. The van der Waals surface area contributed by atoms with Crippen LogP contribution >= 0.6 is 0 Å². The molecule has 1 N–H and O–H groups in total. The predicted molar refractivity (Wildman–Crippen MR) is 80.2 cm³/mol. The number of aromatic nitrogens is 1. The van der Waals surface area contributed by atoms with Crippen molar-refractivity contribution in [2.45, 2.75) is 33.1 Å². The number of nitrogens with zero attached hydrogens (tertiary/aromatic N) is 1. The van der Waals surface area contributed by atoms with E-state index < -0.39 is 15.4 Å². The average molecular weight is 308 g/mol. The molecule has 1 aromatic heterocycles. The molecule has 2 bridgehead atoms. The largest absolute Gasteiger partial charge is 0.299 e. The van der Waals surface area contributed by atoms with Crippen LogP contribution < -0.4 is 4.72 Å². The van der Waals surface area contributed by atoms with Gasteiger partial charge in [-0.05, 0) is 36.3 Å². The van der Waals surface area contributed by atoms with E-state index in [9.17, 15) is 13.2 Å². The normalized spacial score (nSPS) is 30.6. The summed E-state index contributed by atoms with van der Waals surface area (Å²) < 4.78 is 27.5. The van der Waals surface area contributed by atoms with Gasteiger partial charge >= 0.3 is 0 Å². The van der Waals surface area contributed by atoms with Crippen molar-refractivity contribution < 1.29 is 13.2 Å². The number of ketones is 1. The van der Waals surface area contributed by atoms with E-state index in [2.05, 4.69) is 9.71 Å². The fraction of sp³-hybridized carbons (Fsp3) is 0.600. The van der Waals surface area contributed by atoms with E-state index in [1.54, 1.807) is 18.3 Å². The molecule has 5 nitrogen and oxygen atoms in total. The Labute approximate surface area is 125 Å². The molecule has 114 valence electrons. The van der Waals surface area contributed by atoms with Crippen LogP contribution in [0.4, 0.5) is 5.69 Å². The van der Waals surface area contributed by atoms with Crippen LogP contribution in [0.25, 0.3) is 0 Å². The molecular weight excluding hydrogens is 288 g/mol. The Morgan fingerprint density at radius 2 is 2.19 bits per heavy atom. The Kier molecular flexibility index (Phi) is 3.13. The molecule has 21 heavy (non-hydrogen) atoms. The molecule has 1 heterocycles. The summed E-state index contributed by atoms with van der Waals surface area (Å²) in [5.41, 5.74) is -0.536. The van der Waals surface area contributed by atoms with Crippen molar-refractivity contribution >= 4 is 21.5 Å². The fourth-order valence-electron chi connectivity index (χ4n) is 4.07. The Morgan fingerprint density at radius 1 is 1.43 bits per heavy atom. The van der Waals surface area contributed by atoms with Gasteiger partial charge in [-0.1, -0.05) is 13.8 Å². The van der Waals surface area contributed by atoms with Crippen LogP contribution in [-0.4, -0.2) is 24.9 Å². The highest BCUT2D eigenvalue weighted by atomic mass is 32.2. The number of hydrogen-bond donors (Lipinski definition) is 1. The van der Waals surface area contributed by atoms with Crippen LogP contribution in [-0.2, 0) is 14.8 Å². The van der Waals surface area contributed by atoms with E-state index in [4.69, 9.17) is 0 Å². The van der Waals surface area contributed by atoms with E-state index in [1.807, 2.05) is 13.8 Å². The van der Waals surface area contributed by atoms with E-state index in [-0.39, 0.29) is 17.0 Å². The minimum Gasteiger partial charge on any atom is -0.299 e. The maximum absolute atomic E-state index is 12.5. The second kappa shape index (κ2) is 4.53. The highest BCUT2D eigenvalue weighted by Crippen LogP contribution is 2.64. The van der Waals surface area contributed by atoms with Gasteiger partial charge in [0.2, 0.25) is 10.0 Å². The van der Waals surface area contributed by atoms with Gasteiger partial charge in [-0.15, -0.1) is 0 Å². The first-order chi connectivity index (χ1) is 9.77. The number of carbonyl (C=O) groups excluding carboxylic acids is 1. The van der Waals surface area contributed by atoms with Gasteiger partial charge in [0.05, 0.1) is 23.1 Å². The van der Waals surface area contributed by atoms with Gasteiger partial charge in [0.1, 0.15) is 5.78 Å². The van der Waals surface area contributed by atoms with Crippen LogP contribution in [0.3, 0.4) is 0 Å². The number of sulfonamides is 1. The summed E-state index contributed by atoms with van der Waals surface area (Å²) in [6.45, 7) is 4.07. The predicted octanol–water partition coefficient (Wildman–Crippen LogP) is 2.22. The van der Waals surface area contributed by atoms with E-state index in [0.717, 1.165) is 6.42 Å². The number of carbonyl (C=O) groups is 1. The minimum absolute atomic E-state index is 0.111. The minimum atomic E-state index is -3.58. The fourth-order valence-corrected chi connectivity index (χ4v) is 5.95. The van der Waals surface area contributed by atoms with Gasteiger partial charge < -0.3 is 0 Å². The quantitative estimate of drug-likeness (QED) is 0.925. The molecule has 3 rings (SSSR count). The first-order valence-electron chi connectivity index (χ1n) is 7.21. The summed E-state index contributed by atoms with van der Waals surface area (Å²) in [4.78, 5) is 16.3. The molecule has 2 fully saturated rings. The lowest BCUT2D eigenvalue weighted by Crippen LogP contribution is -2.43. The van der Waals surface area contributed by atoms with Crippen LogP contribution in [0, 0.1) is 16.7 Å². The first-order valence-corrected chi connectivity index (χ1v) is 8.86. The van der Waals surface area contributed by atoms with Gasteiger partial charge in [0.25, 0.3) is 0 Å². The number of hydrogen-bond acceptors (Lipinski definition) is 4. The monoisotopic (exact) mass is 308 g/mol. The number of anilines is 1. The lowest BCUT2D eigenvalue weighted by atomic mass is 9.70. The highest BCUT2D eigenvalue weighted by molar-refractivity contribution is 7.92. The molecule has 6 heteroatoms. The Balaban J connectivity index is 1.87. The first kappa shape index (κ1) is 14.5. The van der Waals surface area contributed by atoms with E-state index in [1.165, 1.54) is 6.20 Å². The molecule has 0 amide bonds. The van der Waals surface area contributed by atoms with E-state index >= 15 is 0 Å². The molecule has 0 spiro atoms. The number of rotatable bonds is 4. The van der Waals surface area contributed by atoms with Gasteiger partial charge in [-0.25, -0.2) is 8.42 Å². The lowest BCUT2D eigenvalue weighted by molar-refractivity contribution is -0.128. The average Bonchev–Trinajstić information content (AvgIpc) is 2.72. The van der Waals surface area contributed by atoms with Crippen molar-refractivity contribution in [3.05, 3.63) is 24.5 Å². The molecule has 0 saturated heterocycles. The topological polar surface area (TPSA) is 76.1 Å². The van der Waals surface area contributed by atoms with Crippen molar-refractivity contribution in [1.29, 1.82) is 0 Å². The standard InChI is InChI=1S/C15H20N2O3S/c1-14(2)11-5-6-15(14,13(18)8-11)10-21(19,20)17-12-4-3-7-16-9-12/h3-4,7,9,11,17H,5-6,8,10H2,1-2H3/t11-,15+/m1/s1. The second-order valence-corrected chi connectivity index (χ2v) is 8.49. The molecule has 0 radical (unpaired) electrons. The molecule has 0 aromatic carbocycles. The number of fused-ring (bicyclic) bond motifs is 2. The smallest absolute Gasteiger partial charge is 0.233 e.